The van der Waals surface area contributed by atoms with Crippen molar-refractivity contribution in [3.8, 4) is 6.07 Å². The maximum atomic E-state index is 12.4. The molecule has 4 nitrogen and oxygen atoms in total. The van der Waals surface area contributed by atoms with E-state index in [9.17, 15) is 13.7 Å². The van der Waals surface area contributed by atoms with E-state index in [1.807, 2.05) is 6.92 Å². The Hall–Kier alpha value is -1.09. The molecule has 1 fully saturated rings. The number of ether oxygens (including phenoxy) is 1. The van der Waals surface area contributed by atoms with Crippen LogP contribution in [-0.4, -0.2) is 26.9 Å². The third-order valence-corrected chi connectivity index (χ3v) is 5.86. The van der Waals surface area contributed by atoms with Gasteiger partial charge in [-0.05, 0) is 37.6 Å². The maximum absolute atomic E-state index is 12.4. The number of benzene rings is 1. The fraction of sp³-hybridized carbons (Fsp3) is 0.462. The first-order chi connectivity index (χ1) is 8.96. The number of hydrogen-bond donors (Lipinski definition) is 0. The SMILES string of the molecule is CCOC[C@@]1(C#N)C[C@@H]1S(=O)(=O)c1ccc(Cl)cc1. The van der Waals surface area contributed by atoms with Crippen LogP contribution in [0, 0.1) is 16.7 Å². The Kier molecular flexibility index (Phi) is 3.86. The minimum absolute atomic E-state index is 0.164. The summed E-state index contributed by atoms with van der Waals surface area (Å²) < 4.78 is 30.0. The molecule has 0 aromatic heterocycles. The van der Waals surface area contributed by atoms with Crippen molar-refractivity contribution in [3.63, 3.8) is 0 Å². The van der Waals surface area contributed by atoms with Crippen molar-refractivity contribution < 1.29 is 13.2 Å². The molecule has 0 radical (unpaired) electrons. The molecule has 0 unspecified atom stereocenters. The van der Waals surface area contributed by atoms with E-state index in [-0.39, 0.29) is 11.5 Å². The van der Waals surface area contributed by atoms with Gasteiger partial charge in [0.2, 0.25) is 0 Å². The molecule has 19 heavy (non-hydrogen) atoms. The molecule has 1 saturated carbocycles. The highest BCUT2D eigenvalue weighted by Gasteiger charge is 2.62. The molecule has 0 saturated heterocycles. The van der Waals surface area contributed by atoms with E-state index in [2.05, 4.69) is 6.07 Å². The maximum Gasteiger partial charge on any atom is 0.182 e. The number of sulfone groups is 1. The monoisotopic (exact) mass is 299 g/mol. The number of nitrogens with zero attached hydrogens (tertiary/aromatic N) is 1. The van der Waals surface area contributed by atoms with Crippen LogP contribution < -0.4 is 0 Å². The molecule has 0 N–H and O–H groups in total. The average molecular weight is 300 g/mol. The minimum atomic E-state index is -3.49. The van der Waals surface area contributed by atoms with Crippen molar-refractivity contribution >= 4 is 21.4 Å². The van der Waals surface area contributed by atoms with Crippen LogP contribution in [0.5, 0.6) is 0 Å². The highest BCUT2D eigenvalue weighted by atomic mass is 35.5. The lowest BCUT2D eigenvalue weighted by atomic mass is 10.1. The van der Waals surface area contributed by atoms with Gasteiger partial charge in [0.1, 0.15) is 0 Å². The second kappa shape index (κ2) is 5.12. The minimum Gasteiger partial charge on any atom is -0.380 e. The summed E-state index contributed by atoms with van der Waals surface area (Å²) in [6.45, 7) is 2.45. The topological polar surface area (TPSA) is 67.2 Å². The smallest absolute Gasteiger partial charge is 0.182 e. The molecule has 0 aliphatic heterocycles. The first-order valence-electron chi connectivity index (χ1n) is 5.95. The van der Waals surface area contributed by atoms with Crippen LogP contribution in [0.2, 0.25) is 5.02 Å². The number of nitriles is 1. The Morgan fingerprint density at radius 2 is 2.11 bits per heavy atom. The molecule has 6 heteroatoms. The van der Waals surface area contributed by atoms with Crippen LogP contribution in [0.3, 0.4) is 0 Å². The zero-order valence-electron chi connectivity index (χ0n) is 10.5. The molecule has 0 bridgehead atoms. The van der Waals surface area contributed by atoms with Gasteiger partial charge in [-0.25, -0.2) is 8.42 Å². The second-order valence-corrected chi connectivity index (χ2v) is 7.16. The lowest BCUT2D eigenvalue weighted by molar-refractivity contribution is 0.119. The van der Waals surface area contributed by atoms with Crippen LogP contribution in [0.25, 0.3) is 0 Å². The summed E-state index contributed by atoms with van der Waals surface area (Å²) in [6, 6.07) is 8.11. The summed E-state index contributed by atoms with van der Waals surface area (Å²) in [4.78, 5) is 0.204. The number of hydrogen-bond acceptors (Lipinski definition) is 4. The number of rotatable bonds is 5. The third-order valence-electron chi connectivity index (χ3n) is 3.31. The summed E-state index contributed by atoms with van der Waals surface area (Å²) in [5, 5.41) is 8.99. The standard InChI is InChI=1S/C13H14ClNO3S/c1-2-18-9-13(8-15)7-12(13)19(16,17)11-5-3-10(14)4-6-11/h3-6,12H,2,7,9H2,1H3/t12-,13-/m0/s1. The van der Waals surface area contributed by atoms with Crippen LogP contribution in [0.1, 0.15) is 13.3 Å². The van der Waals surface area contributed by atoms with E-state index in [1.54, 1.807) is 0 Å². The Bertz CT molecular complexity index is 606. The second-order valence-electron chi connectivity index (χ2n) is 4.60. The Labute approximate surface area is 117 Å². The molecule has 0 heterocycles. The van der Waals surface area contributed by atoms with Crippen molar-refractivity contribution in [2.45, 2.75) is 23.5 Å². The van der Waals surface area contributed by atoms with Gasteiger partial charge in [-0.15, -0.1) is 0 Å². The lowest BCUT2D eigenvalue weighted by Crippen LogP contribution is -2.19. The normalized spacial score (nSPS) is 25.8. The quantitative estimate of drug-likeness (QED) is 0.837. The molecule has 1 aliphatic carbocycles. The summed E-state index contributed by atoms with van der Waals surface area (Å²) >= 11 is 5.74. The van der Waals surface area contributed by atoms with Crippen LogP contribution >= 0.6 is 11.6 Å². The van der Waals surface area contributed by atoms with E-state index in [1.165, 1.54) is 24.3 Å². The van der Waals surface area contributed by atoms with Gasteiger partial charge in [0.25, 0.3) is 0 Å². The molecule has 102 valence electrons. The predicted octanol–water partition coefficient (Wildman–Crippen LogP) is 2.43. The molecule has 2 atom stereocenters. The van der Waals surface area contributed by atoms with Gasteiger partial charge in [-0.1, -0.05) is 11.6 Å². The van der Waals surface area contributed by atoms with Gasteiger partial charge in [0, 0.05) is 11.6 Å². The van der Waals surface area contributed by atoms with Gasteiger partial charge in [-0.2, -0.15) is 5.26 Å². The Morgan fingerprint density at radius 1 is 1.47 bits per heavy atom. The Balaban J connectivity index is 2.23. The van der Waals surface area contributed by atoms with Crippen molar-refractivity contribution in [3.05, 3.63) is 29.3 Å². The molecular weight excluding hydrogens is 286 g/mol. The summed E-state index contributed by atoms with van der Waals surface area (Å²) in [5.74, 6) is 0. The Morgan fingerprint density at radius 3 is 2.63 bits per heavy atom. The van der Waals surface area contributed by atoms with Crippen molar-refractivity contribution in [2.75, 3.05) is 13.2 Å². The fourth-order valence-corrected chi connectivity index (χ4v) is 4.25. The van der Waals surface area contributed by atoms with Crippen molar-refractivity contribution in [1.29, 1.82) is 5.26 Å². The van der Waals surface area contributed by atoms with E-state index in [0.717, 1.165) is 0 Å². The predicted molar refractivity (Wildman–Crippen MR) is 71.6 cm³/mol. The first kappa shape index (κ1) is 14.3. The highest BCUT2D eigenvalue weighted by molar-refractivity contribution is 7.92. The third kappa shape index (κ3) is 2.62. The van der Waals surface area contributed by atoms with Gasteiger partial charge in [0.15, 0.2) is 9.84 Å². The molecule has 0 amide bonds. The van der Waals surface area contributed by atoms with E-state index < -0.39 is 20.5 Å². The van der Waals surface area contributed by atoms with Gasteiger partial charge < -0.3 is 4.74 Å². The average Bonchev–Trinajstić information content (AvgIpc) is 3.13. The van der Waals surface area contributed by atoms with Crippen molar-refractivity contribution in [2.24, 2.45) is 5.41 Å². The van der Waals surface area contributed by atoms with Crippen LogP contribution in [0.15, 0.2) is 29.2 Å². The van der Waals surface area contributed by atoms with Crippen LogP contribution in [0.4, 0.5) is 0 Å². The largest absolute Gasteiger partial charge is 0.380 e. The van der Waals surface area contributed by atoms with E-state index >= 15 is 0 Å². The summed E-state index contributed by atoms with van der Waals surface area (Å²) in [5.41, 5.74) is -0.894. The van der Waals surface area contributed by atoms with E-state index in [4.69, 9.17) is 16.3 Å². The van der Waals surface area contributed by atoms with E-state index in [0.29, 0.717) is 18.1 Å². The molecule has 1 aromatic rings. The number of halogens is 1. The fourth-order valence-electron chi connectivity index (χ4n) is 2.05. The van der Waals surface area contributed by atoms with Gasteiger partial charge in [0.05, 0.1) is 28.2 Å². The molecule has 0 spiro atoms. The highest BCUT2D eigenvalue weighted by Crippen LogP contribution is 2.52. The van der Waals surface area contributed by atoms with Crippen molar-refractivity contribution in [1.82, 2.24) is 0 Å². The van der Waals surface area contributed by atoms with Gasteiger partial charge in [-0.3, -0.25) is 0 Å². The molecule has 2 rings (SSSR count). The summed E-state index contributed by atoms with van der Waals surface area (Å²) in [6.07, 6.45) is 0.328. The molecular formula is C13H14ClNO3S. The summed E-state index contributed by atoms with van der Waals surface area (Å²) in [7, 11) is -3.49. The van der Waals surface area contributed by atoms with Gasteiger partial charge >= 0.3 is 0 Å². The first-order valence-corrected chi connectivity index (χ1v) is 7.87. The molecule has 1 aromatic carbocycles. The van der Waals surface area contributed by atoms with Crippen LogP contribution in [-0.2, 0) is 14.6 Å². The molecule has 1 aliphatic rings. The lowest BCUT2D eigenvalue weighted by Gasteiger charge is -2.09. The zero-order chi connectivity index (χ0) is 14.1. The zero-order valence-corrected chi connectivity index (χ0v) is 12.0.